The second-order valence-electron chi connectivity index (χ2n) is 7.23. The van der Waals surface area contributed by atoms with Gasteiger partial charge in [-0.15, -0.1) is 24.0 Å². The lowest BCUT2D eigenvalue weighted by Crippen LogP contribution is -2.40. The molecule has 0 saturated heterocycles. The summed E-state index contributed by atoms with van der Waals surface area (Å²) in [6.45, 7) is 8.78. The molecule has 1 amide bonds. The third kappa shape index (κ3) is 10.6. The molecule has 0 heterocycles. The molecule has 1 atom stereocenters. The second kappa shape index (κ2) is 12.7. The van der Waals surface area contributed by atoms with Crippen molar-refractivity contribution in [2.24, 2.45) is 4.99 Å². The summed E-state index contributed by atoms with van der Waals surface area (Å²) in [5, 5.41) is 8.90. The fourth-order valence-corrected chi connectivity index (χ4v) is 2.28. The van der Waals surface area contributed by atoms with Gasteiger partial charge in [-0.2, -0.15) is 0 Å². The molecule has 0 radical (unpaired) electrons. The summed E-state index contributed by atoms with van der Waals surface area (Å²) in [6.07, 6.45) is 0.238. The Hall–Kier alpha value is -1.65. The third-order valence-corrected chi connectivity index (χ3v) is 3.61. The molecule has 0 saturated carbocycles. The van der Waals surface area contributed by atoms with Gasteiger partial charge in [0, 0.05) is 38.7 Å². The topological polar surface area (TPSA) is 74.8 Å². The molecule has 0 fully saturated rings. The van der Waals surface area contributed by atoms with Gasteiger partial charge in [0.1, 0.15) is 17.2 Å². The number of halogens is 3. The van der Waals surface area contributed by atoms with Gasteiger partial charge in [-0.05, 0) is 38.8 Å². The third-order valence-electron chi connectivity index (χ3n) is 3.61. The van der Waals surface area contributed by atoms with Crippen LogP contribution in [0.3, 0.4) is 0 Å². The van der Waals surface area contributed by atoms with E-state index in [1.807, 2.05) is 27.7 Å². The molecule has 1 aromatic carbocycles. The Balaban J connectivity index is 0.00000729. The number of benzene rings is 1. The molecule has 1 rings (SSSR count). The average Bonchev–Trinajstić information content (AvgIpc) is 2.55. The molecular weight excluding hydrogens is 481 g/mol. The number of hydrogen-bond donors (Lipinski definition) is 3. The van der Waals surface area contributed by atoms with Gasteiger partial charge in [0.25, 0.3) is 0 Å². The Labute approximate surface area is 182 Å². The minimum Gasteiger partial charge on any atom is -0.444 e. The van der Waals surface area contributed by atoms with Crippen molar-refractivity contribution in [3.63, 3.8) is 0 Å². The van der Waals surface area contributed by atoms with Crippen LogP contribution in [0.15, 0.2) is 23.2 Å². The maximum absolute atomic E-state index is 13.8. The van der Waals surface area contributed by atoms with Crippen molar-refractivity contribution in [2.75, 3.05) is 26.7 Å². The number of amides is 1. The van der Waals surface area contributed by atoms with Gasteiger partial charge >= 0.3 is 6.09 Å². The summed E-state index contributed by atoms with van der Waals surface area (Å²) in [5.74, 6) is -0.728. The predicted octanol–water partition coefficient (Wildman–Crippen LogP) is 3.77. The lowest BCUT2D eigenvalue weighted by Gasteiger charge is -2.20. The lowest BCUT2D eigenvalue weighted by atomic mass is 10.0. The van der Waals surface area contributed by atoms with Gasteiger partial charge in [-0.25, -0.2) is 13.6 Å². The first-order valence-electron chi connectivity index (χ1n) is 8.98. The molecule has 0 spiro atoms. The number of hydrogen-bond acceptors (Lipinski definition) is 3. The highest BCUT2D eigenvalue weighted by molar-refractivity contribution is 14.0. The monoisotopic (exact) mass is 512 g/mol. The van der Waals surface area contributed by atoms with Crippen LogP contribution in [0.1, 0.15) is 45.6 Å². The van der Waals surface area contributed by atoms with Crippen molar-refractivity contribution in [2.45, 2.75) is 45.6 Å². The van der Waals surface area contributed by atoms with Gasteiger partial charge in [0.15, 0.2) is 5.96 Å². The number of alkyl carbamates (subject to hydrolysis) is 1. The summed E-state index contributed by atoms with van der Waals surface area (Å²) < 4.78 is 31.9. The number of guanidine groups is 1. The number of carbonyl (C=O) groups excluding carboxylic acids is 1. The van der Waals surface area contributed by atoms with E-state index in [2.05, 4.69) is 20.9 Å². The SMILES string of the molecule is CN=C(NCCCNC(=O)OC(C)(C)C)NCC(C)c1ccc(F)cc1F.I. The van der Waals surface area contributed by atoms with E-state index >= 15 is 0 Å². The highest BCUT2D eigenvalue weighted by Gasteiger charge is 2.15. The van der Waals surface area contributed by atoms with Gasteiger partial charge in [-0.3, -0.25) is 4.99 Å². The van der Waals surface area contributed by atoms with E-state index in [9.17, 15) is 13.6 Å². The minimum absolute atomic E-state index is 0. The molecule has 28 heavy (non-hydrogen) atoms. The Morgan fingerprint density at radius 1 is 1.18 bits per heavy atom. The van der Waals surface area contributed by atoms with E-state index in [0.29, 0.717) is 37.6 Å². The number of ether oxygens (including phenoxy) is 1. The van der Waals surface area contributed by atoms with Crippen LogP contribution in [0.2, 0.25) is 0 Å². The molecule has 0 bridgehead atoms. The molecule has 3 N–H and O–H groups in total. The highest BCUT2D eigenvalue weighted by atomic mass is 127. The fraction of sp³-hybridized carbons (Fsp3) is 0.579. The van der Waals surface area contributed by atoms with Gasteiger partial charge in [-0.1, -0.05) is 13.0 Å². The van der Waals surface area contributed by atoms with Crippen LogP contribution < -0.4 is 16.0 Å². The van der Waals surface area contributed by atoms with Crippen LogP contribution >= 0.6 is 24.0 Å². The molecular formula is C19H31F2IN4O2. The van der Waals surface area contributed by atoms with Crippen molar-refractivity contribution in [3.8, 4) is 0 Å². The number of carbonyl (C=O) groups is 1. The minimum atomic E-state index is -0.589. The molecule has 0 aliphatic heterocycles. The quantitative estimate of drug-likeness (QED) is 0.225. The van der Waals surface area contributed by atoms with Crippen LogP contribution in [0.5, 0.6) is 0 Å². The van der Waals surface area contributed by atoms with E-state index in [-0.39, 0.29) is 29.9 Å². The predicted molar refractivity (Wildman–Crippen MR) is 118 cm³/mol. The largest absolute Gasteiger partial charge is 0.444 e. The zero-order valence-electron chi connectivity index (χ0n) is 17.1. The molecule has 0 aliphatic rings. The van der Waals surface area contributed by atoms with Crippen LogP contribution in [0, 0.1) is 11.6 Å². The smallest absolute Gasteiger partial charge is 0.407 e. The first kappa shape index (κ1) is 26.4. The van der Waals surface area contributed by atoms with E-state index < -0.39 is 23.3 Å². The summed E-state index contributed by atoms with van der Waals surface area (Å²) in [5.41, 5.74) is -0.0736. The number of nitrogens with one attached hydrogen (secondary N) is 3. The Morgan fingerprint density at radius 2 is 1.82 bits per heavy atom. The maximum atomic E-state index is 13.8. The lowest BCUT2D eigenvalue weighted by molar-refractivity contribution is 0.0527. The van der Waals surface area contributed by atoms with E-state index in [1.165, 1.54) is 12.1 Å². The first-order valence-corrected chi connectivity index (χ1v) is 8.98. The maximum Gasteiger partial charge on any atom is 0.407 e. The number of rotatable bonds is 7. The molecule has 1 unspecified atom stereocenters. The first-order chi connectivity index (χ1) is 12.6. The summed E-state index contributed by atoms with van der Waals surface area (Å²) in [6, 6.07) is 3.59. The summed E-state index contributed by atoms with van der Waals surface area (Å²) in [4.78, 5) is 15.6. The van der Waals surface area contributed by atoms with E-state index in [1.54, 1.807) is 7.05 Å². The molecule has 0 aromatic heterocycles. The van der Waals surface area contributed by atoms with Gasteiger partial charge < -0.3 is 20.7 Å². The van der Waals surface area contributed by atoms with Crippen molar-refractivity contribution in [1.82, 2.24) is 16.0 Å². The molecule has 6 nitrogen and oxygen atoms in total. The van der Waals surface area contributed by atoms with Crippen molar-refractivity contribution in [1.29, 1.82) is 0 Å². The normalized spacial score (nSPS) is 12.6. The molecule has 9 heteroatoms. The van der Waals surface area contributed by atoms with Crippen molar-refractivity contribution < 1.29 is 18.3 Å². The second-order valence-corrected chi connectivity index (χ2v) is 7.23. The molecule has 160 valence electrons. The van der Waals surface area contributed by atoms with E-state index in [0.717, 1.165) is 6.07 Å². The highest BCUT2D eigenvalue weighted by Crippen LogP contribution is 2.19. The molecule has 1 aromatic rings. The van der Waals surface area contributed by atoms with E-state index in [4.69, 9.17) is 4.74 Å². The fourth-order valence-electron chi connectivity index (χ4n) is 2.28. The number of aliphatic imine (C=N–C) groups is 1. The average molecular weight is 512 g/mol. The molecule has 0 aliphatic carbocycles. The Kier molecular flexibility index (Phi) is 12.0. The van der Waals surface area contributed by atoms with Crippen molar-refractivity contribution in [3.05, 3.63) is 35.4 Å². The summed E-state index contributed by atoms with van der Waals surface area (Å²) in [7, 11) is 1.64. The Morgan fingerprint density at radius 3 is 2.39 bits per heavy atom. The number of nitrogens with zero attached hydrogens (tertiary/aromatic N) is 1. The van der Waals surface area contributed by atoms with Crippen LogP contribution in [0.4, 0.5) is 13.6 Å². The van der Waals surface area contributed by atoms with Gasteiger partial charge in [0.2, 0.25) is 0 Å². The summed E-state index contributed by atoms with van der Waals surface area (Å²) >= 11 is 0. The van der Waals surface area contributed by atoms with Gasteiger partial charge in [0.05, 0.1) is 0 Å². The standard InChI is InChI=1S/C19H30F2N4O2.HI/c1-13(15-8-7-14(20)11-16(15)21)12-25-17(22-5)23-9-6-10-24-18(26)27-19(2,3)4;/h7-8,11,13H,6,9-10,12H2,1-5H3,(H,24,26)(H2,22,23,25);1H. The van der Waals surface area contributed by atoms with Crippen LogP contribution in [-0.4, -0.2) is 44.3 Å². The zero-order chi connectivity index (χ0) is 20.4. The zero-order valence-corrected chi connectivity index (χ0v) is 19.4. The Bertz CT molecular complexity index is 651. The van der Waals surface area contributed by atoms with Crippen molar-refractivity contribution >= 4 is 36.0 Å². The van der Waals surface area contributed by atoms with Crippen LogP contribution in [0.25, 0.3) is 0 Å². The van der Waals surface area contributed by atoms with Crippen LogP contribution in [-0.2, 0) is 4.74 Å².